The molecule has 0 saturated carbocycles. The number of rotatable bonds is 8. The number of ether oxygens (including phenoxy) is 1. The number of para-hydroxylation sites is 2. The first-order valence-electron chi connectivity index (χ1n) is 9.59. The lowest BCUT2D eigenvalue weighted by atomic mass is 9.96. The molecule has 26 heavy (non-hydrogen) atoms. The van der Waals surface area contributed by atoms with Crippen LogP contribution in [0.2, 0.25) is 0 Å². The van der Waals surface area contributed by atoms with E-state index >= 15 is 0 Å². The molecule has 1 saturated heterocycles. The monoisotopic (exact) mass is 359 g/mol. The van der Waals surface area contributed by atoms with Crippen molar-refractivity contribution in [1.82, 2.24) is 10.3 Å². The molecular weight excluding hydrogens is 330 g/mol. The number of anilines is 1. The highest BCUT2D eigenvalue weighted by molar-refractivity contribution is 5.79. The van der Waals surface area contributed by atoms with Crippen molar-refractivity contribution in [3.63, 3.8) is 0 Å². The third-order valence-corrected chi connectivity index (χ3v) is 4.63. The van der Waals surface area contributed by atoms with Crippen LogP contribution in [0, 0.1) is 11.8 Å². The van der Waals surface area contributed by atoms with Crippen molar-refractivity contribution in [1.29, 1.82) is 0 Å². The number of nitrogens with one attached hydrogen (secondary N) is 1. The van der Waals surface area contributed by atoms with Crippen LogP contribution in [0.4, 0.5) is 6.01 Å². The Labute approximate surface area is 154 Å². The minimum absolute atomic E-state index is 0.0761. The van der Waals surface area contributed by atoms with E-state index in [0.717, 1.165) is 50.1 Å². The number of hydrogen-bond acceptors (Lipinski definition) is 5. The van der Waals surface area contributed by atoms with E-state index in [2.05, 4.69) is 29.0 Å². The summed E-state index contributed by atoms with van der Waals surface area (Å²) in [5.41, 5.74) is 1.68. The summed E-state index contributed by atoms with van der Waals surface area (Å²) in [5.74, 6) is 0.786. The van der Waals surface area contributed by atoms with E-state index in [1.54, 1.807) is 0 Å². The van der Waals surface area contributed by atoms with Gasteiger partial charge in [-0.15, -0.1) is 0 Å². The first kappa shape index (κ1) is 18.7. The zero-order chi connectivity index (χ0) is 18.4. The molecule has 1 aromatic carbocycles. The third kappa shape index (κ3) is 4.97. The number of fused-ring (bicyclic) bond motifs is 1. The summed E-state index contributed by atoms with van der Waals surface area (Å²) in [4.78, 5) is 19.0. The number of aromatic nitrogens is 1. The molecule has 1 amide bonds. The number of oxazole rings is 1. The Hall–Kier alpha value is -2.08. The molecule has 2 heterocycles. The molecule has 6 nitrogen and oxygen atoms in total. The molecule has 0 bridgehead atoms. The highest BCUT2D eigenvalue weighted by atomic mass is 16.5. The van der Waals surface area contributed by atoms with Gasteiger partial charge in [0.15, 0.2) is 5.58 Å². The molecule has 0 radical (unpaired) electrons. The van der Waals surface area contributed by atoms with Gasteiger partial charge < -0.3 is 19.4 Å². The maximum atomic E-state index is 12.3. The quantitative estimate of drug-likeness (QED) is 0.733. The Bertz CT molecular complexity index is 672. The lowest BCUT2D eigenvalue weighted by Crippen LogP contribution is -2.41. The maximum absolute atomic E-state index is 12.3. The van der Waals surface area contributed by atoms with E-state index in [1.165, 1.54) is 0 Å². The molecule has 6 heteroatoms. The summed E-state index contributed by atoms with van der Waals surface area (Å²) in [5, 5.41) is 3.04. The van der Waals surface area contributed by atoms with Crippen LogP contribution in [0.5, 0.6) is 0 Å². The van der Waals surface area contributed by atoms with E-state index < -0.39 is 0 Å². The van der Waals surface area contributed by atoms with Gasteiger partial charge >= 0.3 is 0 Å². The number of nitrogens with zero attached hydrogens (tertiary/aromatic N) is 2. The average molecular weight is 359 g/mol. The minimum atomic E-state index is 0.0761. The van der Waals surface area contributed by atoms with Crippen molar-refractivity contribution in [2.24, 2.45) is 11.8 Å². The molecule has 1 aromatic heterocycles. The van der Waals surface area contributed by atoms with E-state index in [0.29, 0.717) is 25.1 Å². The van der Waals surface area contributed by atoms with Gasteiger partial charge in [0.05, 0.1) is 0 Å². The van der Waals surface area contributed by atoms with Crippen LogP contribution >= 0.6 is 0 Å². The molecule has 0 spiro atoms. The summed E-state index contributed by atoms with van der Waals surface area (Å²) < 4.78 is 11.4. The Morgan fingerprint density at radius 3 is 2.85 bits per heavy atom. The normalized spacial score (nSPS) is 15.7. The second-order valence-corrected chi connectivity index (χ2v) is 7.34. The van der Waals surface area contributed by atoms with Crippen LogP contribution in [-0.2, 0) is 9.53 Å². The fraction of sp³-hybridized carbons (Fsp3) is 0.600. The Kier molecular flexibility index (Phi) is 6.50. The van der Waals surface area contributed by atoms with Gasteiger partial charge in [-0.05, 0) is 37.3 Å². The van der Waals surface area contributed by atoms with Crippen LogP contribution in [0.1, 0.15) is 33.1 Å². The zero-order valence-corrected chi connectivity index (χ0v) is 15.7. The Morgan fingerprint density at radius 1 is 1.35 bits per heavy atom. The van der Waals surface area contributed by atoms with Gasteiger partial charge in [0.2, 0.25) is 5.91 Å². The number of benzene rings is 1. The van der Waals surface area contributed by atoms with Crippen molar-refractivity contribution < 1.29 is 13.9 Å². The van der Waals surface area contributed by atoms with Crippen molar-refractivity contribution >= 4 is 23.0 Å². The van der Waals surface area contributed by atoms with Gasteiger partial charge in [-0.25, -0.2) is 0 Å². The number of amides is 1. The van der Waals surface area contributed by atoms with Gasteiger partial charge in [0.25, 0.3) is 6.01 Å². The van der Waals surface area contributed by atoms with E-state index in [4.69, 9.17) is 9.15 Å². The van der Waals surface area contributed by atoms with Crippen molar-refractivity contribution in [3.05, 3.63) is 24.3 Å². The first-order chi connectivity index (χ1) is 12.6. The maximum Gasteiger partial charge on any atom is 0.298 e. The number of piperidine rings is 1. The smallest absolute Gasteiger partial charge is 0.298 e. The fourth-order valence-corrected chi connectivity index (χ4v) is 3.18. The average Bonchev–Trinajstić information content (AvgIpc) is 3.08. The van der Waals surface area contributed by atoms with Crippen LogP contribution in [0.15, 0.2) is 28.7 Å². The minimum Gasteiger partial charge on any atom is -0.423 e. The van der Waals surface area contributed by atoms with Gasteiger partial charge in [-0.3, -0.25) is 4.79 Å². The second-order valence-electron chi connectivity index (χ2n) is 7.34. The predicted molar refractivity (Wildman–Crippen MR) is 102 cm³/mol. The molecule has 0 atom stereocenters. The van der Waals surface area contributed by atoms with Gasteiger partial charge in [-0.2, -0.15) is 4.98 Å². The molecule has 0 unspecified atom stereocenters. The number of carbonyl (C=O) groups excluding carboxylic acids is 1. The third-order valence-electron chi connectivity index (χ3n) is 4.63. The van der Waals surface area contributed by atoms with Crippen molar-refractivity contribution in [2.45, 2.75) is 33.1 Å². The van der Waals surface area contributed by atoms with Gasteiger partial charge in [0, 0.05) is 38.8 Å². The van der Waals surface area contributed by atoms with Crippen LogP contribution < -0.4 is 10.2 Å². The SMILES string of the molecule is CC(C)COCCCNC(=O)C1CCN(c2nc3ccccc3o2)CC1. The second kappa shape index (κ2) is 9.03. The van der Waals surface area contributed by atoms with Crippen LogP contribution in [0.25, 0.3) is 11.1 Å². The highest BCUT2D eigenvalue weighted by Crippen LogP contribution is 2.26. The van der Waals surface area contributed by atoms with Crippen LogP contribution in [0.3, 0.4) is 0 Å². The van der Waals surface area contributed by atoms with Crippen molar-refractivity contribution in [3.8, 4) is 0 Å². The van der Waals surface area contributed by atoms with Crippen LogP contribution in [-0.4, -0.2) is 43.7 Å². The molecule has 1 aliphatic heterocycles. The van der Waals surface area contributed by atoms with E-state index in [9.17, 15) is 4.79 Å². The fourth-order valence-electron chi connectivity index (χ4n) is 3.18. The highest BCUT2D eigenvalue weighted by Gasteiger charge is 2.26. The van der Waals surface area contributed by atoms with E-state index in [1.807, 2.05) is 24.3 Å². The van der Waals surface area contributed by atoms with Gasteiger partial charge in [-0.1, -0.05) is 26.0 Å². The predicted octanol–water partition coefficient (Wildman–Crippen LogP) is 3.22. The van der Waals surface area contributed by atoms with E-state index in [-0.39, 0.29) is 11.8 Å². The lowest BCUT2D eigenvalue weighted by Gasteiger charge is -2.30. The summed E-state index contributed by atoms with van der Waals surface area (Å²) >= 11 is 0. The summed E-state index contributed by atoms with van der Waals surface area (Å²) in [6, 6.07) is 8.44. The molecule has 1 fully saturated rings. The molecular formula is C20H29N3O3. The zero-order valence-electron chi connectivity index (χ0n) is 15.7. The largest absolute Gasteiger partial charge is 0.423 e. The molecule has 3 rings (SSSR count). The molecule has 1 N–H and O–H groups in total. The molecule has 1 aliphatic rings. The Morgan fingerprint density at radius 2 is 2.12 bits per heavy atom. The van der Waals surface area contributed by atoms with Gasteiger partial charge in [0.1, 0.15) is 5.52 Å². The number of hydrogen-bond donors (Lipinski definition) is 1. The summed E-state index contributed by atoms with van der Waals surface area (Å²) in [6.45, 7) is 8.02. The van der Waals surface area contributed by atoms with Crippen molar-refractivity contribution in [2.75, 3.05) is 37.7 Å². The molecule has 0 aliphatic carbocycles. The summed E-state index contributed by atoms with van der Waals surface area (Å²) in [7, 11) is 0. The first-order valence-corrected chi connectivity index (χ1v) is 9.59. The number of carbonyl (C=O) groups is 1. The lowest BCUT2D eigenvalue weighted by molar-refractivity contribution is -0.125. The standard InChI is InChI=1S/C20H29N3O3/c1-15(2)14-25-13-5-10-21-19(24)16-8-11-23(12-9-16)20-22-17-6-3-4-7-18(17)26-20/h3-4,6-7,15-16H,5,8-14H2,1-2H3,(H,21,24). The topological polar surface area (TPSA) is 67.6 Å². The molecule has 142 valence electrons. The summed E-state index contributed by atoms with van der Waals surface area (Å²) in [6.07, 6.45) is 2.52. The Balaban J connectivity index is 1.38. The molecule has 2 aromatic rings.